The largest absolute Gasteiger partial charge is 0.463 e. The van der Waals surface area contributed by atoms with Crippen LogP contribution in [0.4, 0.5) is 0 Å². The minimum absolute atomic E-state index is 0.275. The van der Waals surface area contributed by atoms with Crippen molar-refractivity contribution in [1.82, 2.24) is 20.4 Å². The minimum atomic E-state index is -1.14. The Labute approximate surface area is 184 Å². The molecule has 7 heteroatoms. The Kier molecular flexibility index (Phi) is 7.17. The lowest BCUT2D eigenvalue weighted by Crippen LogP contribution is -2.44. The molecule has 0 aliphatic heterocycles. The van der Waals surface area contributed by atoms with Crippen molar-refractivity contribution in [2.24, 2.45) is 4.99 Å². The van der Waals surface area contributed by atoms with Gasteiger partial charge in [0.2, 0.25) is 0 Å². The molecule has 0 spiro atoms. The highest BCUT2D eigenvalue weighted by Gasteiger charge is 2.27. The smallest absolute Gasteiger partial charge is 0.191 e. The van der Waals surface area contributed by atoms with Crippen LogP contribution in [0.1, 0.15) is 47.9 Å². The van der Waals surface area contributed by atoms with Gasteiger partial charge in [0.25, 0.3) is 0 Å². The average Bonchev–Trinajstić information content (AvgIpc) is 3.29. The molecule has 3 aromatic rings. The molecule has 31 heavy (non-hydrogen) atoms. The molecule has 1 aromatic carbocycles. The Balaban J connectivity index is 1.70. The van der Waals surface area contributed by atoms with Gasteiger partial charge in [-0.15, -0.1) is 0 Å². The number of aromatic nitrogens is 2. The van der Waals surface area contributed by atoms with Crippen LogP contribution in [-0.4, -0.2) is 33.9 Å². The van der Waals surface area contributed by atoms with Gasteiger partial charge in [0.1, 0.15) is 17.1 Å². The van der Waals surface area contributed by atoms with Gasteiger partial charge in [0.05, 0.1) is 25.3 Å². The van der Waals surface area contributed by atoms with Gasteiger partial charge in [-0.25, -0.2) is 4.99 Å². The normalized spacial score (nSPS) is 13.8. The zero-order chi connectivity index (χ0) is 22.4. The summed E-state index contributed by atoms with van der Waals surface area (Å²) in [5, 5.41) is 22.0. The molecule has 0 radical (unpaired) electrons. The maximum Gasteiger partial charge on any atom is 0.191 e. The minimum Gasteiger partial charge on any atom is -0.463 e. The molecule has 1 unspecified atom stereocenters. The predicted molar refractivity (Wildman–Crippen MR) is 123 cm³/mol. The molecule has 3 N–H and O–H groups in total. The quantitative estimate of drug-likeness (QED) is 0.382. The van der Waals surface area contributed by atoms with Gasteiger partial charge in [-0.05, 0) is 52.3 Å². The summed E-state index contributed by atoms with van der Waals surface area (Å²) in [6.45, 7) is 11.9. The molecule has 1 atom stereocenters. The highest BCUT2D eigenvalue weighted by Crippen LogP contribution is 2.22. The molecule has 166 valence electrons. The van der Waals surface area contributed by atoms with E-state index < -0.39 is 5.60 Å². The van der Waals surface area contributed by atoms with E-state index in [-0.39, 0.29) is 6.54 Å². The van der Waals surface area contributed by atoms with E-state index in [9.17, 15) is 5.11 Å². The molecular formula is C24H33N5O2. The number of aliphatic hydroxyl groups is 1. The molecule has 0 amide bonds. The standard InChI is InChI=1S/C24H33N5O2/c1-6-25-23(27-16-24(5,30)22-13-12-17(2)31-22)26-14-21-18(3)28-29(19(21)4)15-20-10-8-7-9-11-20/h7-13,30H,6,14-16H2,1-5H3,(H2,25,26,27). The summed E-state index contributed by atoms with van der Waals surface area (Å²) < 4.78 is 7.62. The molecule has 0 bridgehead atoms. The molecule has 7 nitrogen and oxygen atoms in total. The average molecular weight is 424 g/mol. The van der Waals surface area contributed by atoms with Crippen molar-refractivity contribution < 1.29 is 9.52 Å². The number of benzene rings is 1. The summed E-state index contributed by atoms with van der Waals surface area (Å²) in [7, 11) is 0. The van der Waals surface area contributed by atoms with Gasteiger partial charge in [-0.2, -0.15) is 5.10 Å². The summed E-state index contributed by atoms with van der Waals surface area (Å²) in [5.41, 5.74) is 3.27. The summed E-state index contributed by atoms with van der Waals surface area (Å²) >= 11 is 0. The van der Waals surface area contributed by atoms with E-state index in [0.717, 1.165) is 35.8 Å². The summed E-state index contributed by atoms with van der Waals surface area (Å²) in [4.78, 5) is 4.73. The number of rotatable bonds is 8. The van der Waals surface area contributed by atoms with E-state index in [1.165, 1.54) is 5.56 Å². The van der Waals surface area contributed by atoms with Crippen molar-refractivity contribution in [2.45, 2.75) is 53.3 Å². The first-order valence-electron chi connectivity index (χ1n) is 10.7. The Morgan fingerprint density at radius 2 is 1.87 bits per heavy atom. The van der Waals surface area contributed by atoms with E-state index in [4.69, 9.17) is 14.5 Å². The number of hydrogen-bond donors (Lipinski definition) is 3. The first-order valence-corrected chi connectivity index (χ1v) is 10.7. The second-order valence-electron chi connectivity index (χ2n) is 8.03. The Hall–Kier alpha value is -3.06. The van der Waals surface area contributed by atoms with Gasteiger partial charge in [-0.3, -0.25) is 4.68 Å². The second kappa shape index (κ2) is 9.83. The number of furan rings is 1. The van der Waals surface area contributed by atoms with Crippen LogP contribution in [0.3, 0.4) is 0 Å². The topological polar surface area (TPSA) is 87.6 Å². The fourth-order valence-corrected chi connectivity index (χ4v) is 3.44. The van der Waals surface area contributed by atoms with Crippen LogP contribution in [-0.2, 0) is 18.7 Å². The van der Waals surface area contributed by atoms with Crippen molar-refractivity contribution >= 4 is 5.96 Å². The van der Waals surface area contributed by atoms with Gasteiger partial charge < -0.3 is 20.2 Å². The van der Waals surface area contributed by atoms with Crippen LogP contribution in [0.5, 0.6) is 0 Å². The fourth-order valence-electron chi connectivity index (χ4n) is 3.44. The monoisotopic (exact) mass is 423 g/mol. The molecular weight excluding hydrogens is 390 g/mol. The van der Waals surface area contributed by atoms with Crippen molar-refractivity contribution in [3.63, 3.8) is 0 Å². The number of nitrogens with zero attached hydrogens (tertiary/aromatic N) is 3. The number of nitrogens with one attached hydrogen (secondary N) is 2. The summed E-state index contributed by atoms with van der Waals surface area (Å²) in [6.07, 6.45) is 0. The molecule has 2 aromatic heterocycles. The van der Waals surface area contributed by atoms with Gasteiger partial charge in [-0.1, -0.05) is 30.3 Å². The molecule has 0 saturated heterocycles. The van der Waals surface area contributed by atoms with E-state index in [2.05, 4.69) is 29.7 Å². The first kappa shape index (κ1) is 22.6. The molecule has 0 aliphatic carbocycles. The number of guanidine groups is 1. The van der Waals surface area contributed by atoms with Crippen molar-refractivity contribution in [1.29, 1.82) is 0 Å². The number of aliphatic imine (C=N–C) groups is 1. The number of hydrogen-bond acceptors (Lipinski definition) is 4. The van der Waals surface area contributed by atoms with E-state index in [1.807, 2.05) is 49.7 Å². The van der Waals surface area contributed by atoms with Gasteiger partial charge in [0, 0.05) is 17.8 Å². The molecule has 0 aliphatic rings. The Morgan fingerprint density at radius 1 is 1.13 bits per heavy atom. The predicted octanol–water partition coefficient (Wildman–Crippen LogP) is 3.41. The maximum absolute atomic E-state index is 10.8. The highest BCUT2D eigenvalue weighted by atomic mass is 16.4. The zero-order valence-corrected chi connectivity index (χ0v) is 19.1. The van der Waals surface area contributed by atoms with Gasteiger partial charge in [0.15, 0.2) is 5.96 Å². The third-order valence-corrected chi connectivity index (χ3v) is 5.32. The van der Waals surface area contributed by atoms with Gasteiger partial charge >= 0.3 is 0 Å². The maximum atomic E-state index is 10.8. The second-order valence-corrected chi connectivity index (χ2v) is 8.03. The Bertz CT molecular complexity index is 1020. The summed E-state index contributed by atoms with van der Waals surface area (Å²) in [5.74, 6) is 1.94. The number of aryl methyl sites for hydroxylation is 2. The SMILES string of the molecule is CCNC(=NCc1c(C)nn(Cc2ccccc2)c1C)NCC(C)(O)c1ccc(C)o1. The molecule has 0 fully saturated rings. The lowest BCUT2D eigenvalue weighted by Gasteiger charge is -2.22. The third-order valence-electron chi connectivity index (χ3n) is 5.32. The zero-order valence-electron chi connectivity index (χ0n) is 19.1. The molecule has 3 rings (SSSR count). The van der Waals surface area contributed by atoms with Crippen LogP contribution in [0.2, 0.25) is 0 Å². The van der Waals surface area contributed by atoms with Crippen molar-refractivity contribution in [3.05, 3.63) is 76.5 Å². The lowest BCUT2D eigenvalue weighted by molar-refractivity contribution is 0.0378. The van der Waals surface area contributed by atoms with Crippen molar-refractivity contribution in [3.8, 4) is 0 Å². The highest BCUT2D eigenvalue weighted by molar-refractivity contribution is 5.79. The van der Waals surface area contributed by atoms with E-state index >= 15 is 0 Å². The van der Waals surface area contributed by atoms with Crippen molar-refractivity contribution in [2.75, 3.05) is 13.1 Å². The first-order chi connectivity index (χ1) is 14.8. The Morgan fingerprint density at radius 3 is 2.52 bits per heavy atom. The lowest BCUT2D eigenvalue weighted by atomic mass is 10.0. The van der Waals surface area contributed by atoms with Crippen LogP contribution < -0.4 is 10.6 Å². The molecule has 2 heterocycles. The van der Waals surface area contributed by atoms with Crippen LogP contribution >= 0.6 is 0 Å². The van der Waals surface area contributed by atoms with Crippen LogP contribution in [0.15, 0.2) is 51.9 Å². The van der Waals surface area contributed by atoms with Crippen LogP contribution in [0, 0.1) is 20.8 Å². The van der Waals surface area contributed by atoms with E-state index in [1.54, 1.807) is 13.0 Å². The van der Waals surface area contributed by atoms with E-state index in [0.29, 0.717) is 18.3 Å². The molecule has 0 saturated carbocycles. The fraction of sp³-hybridized carbons (Fsp3) is 0.417. The van der Waals surface area contributed by atoms with Crippen LogP contribution in [0.25, 0.3) is 0 Å². The summed E-state index contributed by atoms with van der Waals surface area (Å²) in [6, 6.07) is 14.0. The third kappa shape index (κ3) is 5.76.